The van der Waals surface area contributed by atoms with Crippen LogP contribution in [0.15, 0.2) is 42.0 Å². The summed E-state index contributed by atoms with van der Waals surface area (Å²) in [4.78, 5) is 33.0. The van der Waals surface area contributed by atoms with Crippen molar-refractivity contribution in [1.82, 2.24) is 14.7 Å². The molecule has 0 aliphatic carbocycles. The van der Waals surface area contributed by atoms with E-state index in [1.807, 2.05) is 28.0 Å². The highest BCUT2D eigenvalue weighted by atomic mass is 16.2. The van der Waals surface area contributed by atoms with E-state index in [4.69, 9.17) is 0 Å². The molecule has 3 aliphatic rings. The maximum absolute atomic E-state index is 13.5. The molecule has 0 N–H and O–H groups in total. The molecule has 1 aromatic carbocycles. The van der Waals surface area contributed by atoms with Gasteiger partial charge in [-0.2, -0.15) is 0 Å². The number of piperazine rings is 1. The third kappa shape index (κ3) is 4.25. The lowest BCUT2D eigenvalue weighted by atomic mass is 9.91. The number of likely N-dealkylation sites (tertiary alicyclic amines) is 1. The number of nitrogens with zero attached hydrogens (tertiary/aromatic N) is 3. The number of benzene rings is 1. The number of amides is 2. The summed E-state index contributed by atoms with van der Waals surface area (Å²) in [6.07, 6.45) is 6.35. The van der Waals surface area contributed by atoms with Gasteiger partial charge in [-0.1, -0.05) is 42.0 Å². The molecule has 5 heteroatoms. The van der Waals surface area contributed by atoms with Gasteiger partial charge in [-0.05, 0) is 45.1 Å². The molecule has 29 heavy (non-hydrogen) atoms. The normalized spacial score (nSPS) is 27.7. The summed E-state index contributed by atoms with van der Waals surface area (Å²) in [5, 5.41) is 0. The van der Waals surface area contributed by atoms with Gasteiger partial charge < -0.3 is 9.80 Å². The topological polar surface area (TPSA) is 43.9 Å². The molecule has 3 fully saturated rings. The van der Waals surface area contributed by atoms with E-state index >= 15 is 0 Å². The highest BCUT2D eigenvalue weighted by Gasteiger charge is 2.50. The summed E-state index contributed by atoms with van der Waals surface area (Å²) in [6, 6.07) is 10.2. The van der Waals surface area contributed by atoms with E-state index in [0.29, 0.717) is 6.54 Å². The van der Waals surface area contributed by atoms with E-state index < -0.39 is 0 Å². The first-order valence-electron chi connectivity index (χ1n) is 11.0. The van der Waals surface area contributed by atoms with Gasteiger partial charge in [-0.25, -0.2) is 0 Å². The summed E-state index contributed by atoms with van der Waals surface area (Å²) < 4.78 is 0. The molecular weight excluding hydrogens is 362 g/mol. The van der Waals surface area contributed by atoms with Gasteiger partial charge in [0.05, 0.1) is 18.5 Å². The van der Waals surface area contributed by atoms with Gasteiger partial charge in [-0.3, -0.25) is 14.5 Å². The molecule has 156 valence electrons. The molecule has 3 saturated heterocycles. The Bertz CT molecular complexity index is 766. The minimum absolute atomic E-state index is 0.116. The van der Waals surface area contributed by atoms with E-state index in [0.717, 1.165) is 51.0 Å². The van der Waals surface area contributed by atoms with Crippen molar-refractivity contribution in [3.63, 3.8) is 0 Å². The predicted molar refractivity (Wildman–Crippen MR) is 114 cm³/mol. The summed E-state index contributed by atoms with van der Waals surface area (Å²) in [7, 11) is 0. The maximum Gasteiger partial charge on any atom is 0.237 e. The van der Waals surface area contributed by atoms with Gasteiger partial charge in [0.1, 0.15) is 0 Å². The molecule has 0 spiro atoms. The summed E-state index contributed by atoms with van der Waals surface area (Å²) in [5.41, 5.74) is 2.36. The Kier molecular flexibility index (Phi) is 6.04. The molecule has 0 saturated carbocycles. The van der Waals surface area contributed by atoms with E-state index in [-0.39, 0.29) is 29.8 Å². The molecule has 1 aromatic rings. The Morgan fingerprint density at radius 2 is 1.83 bits per heavy atom. The molecule has 0 bridgehead atoms. The zero-order valence-corrected chi connectivity index (χ0v) is 17.7. The third-order valence-electron chi connectivity index (χ3n) is 6.60. The van der Waals surface area contributed by atoms with Crippen LogP contribution in [0.5, 0.6) is 0 Å². The lowest BCUT2D eigenvalue weighted by Crippen LogP contribution is -2.54. The van der Waals surface area contributed by atoms with Crippen molar-refractivity contribution in [3.8, 4) is 0 Å². The molecule has 5 nitrogen and oxygen atoms in total. The van der Waals surface area contributed by atoms with E-state index in [1.54, 1.807) is 0 Å². The van der Waals surface area contributed by atoms with E-state index in [9.17, 15) is 9.59 Å². The average Bonchev–Trinajstić information content (AvgIpc) is 3.13. The molecule has 0 unspecified atom stereocenters. The number of allylic oxidation sites excluding steroid dienone is 1. The van der Waals surface area contributed by atoms with Gasteiger partial charge >= 0.3 is 0 Å². The second kappa shape index (κ2) is 8.70. The van der Waals surface area contributed by atoms with Gasteiger partial charge in [0.25, 0.3) is 0 Å². The molecule has 3 atom stereocenters. The first kappa shape index (κ1) is 20.1. The lowest BCUT2D eigenvalue weighted by Gasteiger charge is -2.40. The average molecular weight is 396 g/mol. The van der Waals surface area contributed by atoms with Crippen molar-refractivity contribution in [1.29, 1.82) is 0 Å². The SMILES string of the molecule is CC(C)=CCN1CC(=O)N2[C@H](C[C@@H](C(=O)N3CCCCC3)[C@H]2c2ccccc2)C1. The molecule has 0 radical (unpaired) electrons. The molecule has 3 heterocycles. The van der Waals surface area contributed by atoms with Crippen LogP contribution in [0.4, 0.5) is 0 Å². The van der Waals surface area contributed by atoms with Gasteiger partial charge in [0, 0.05) is 32.2 Å². The van der Waals surface area contributed by atoms with Crippen molar-refractivity contribution < 1.29 is 9.59 Å². The highest BCUT2D eigenvalue weighted by Crippen LogP contribution is 2.44. The van der Waals surface area contributed by atoms with Crippen LogP contribution in [0, 0.1) is 5.92 Å². The van der Waals surface area contributed by atoms with Crippen molar-refractivity contribution in [2.75, 3.05) is 32.7 Å². The van der Waals surface area contributed by atoms with Crippen molar-refractivity contribution in [2.45, 2.75) is 51.6 Å². The molecule has 2 amide bonds. The third-order valence-corrected chi connectivity index (χ3v) is 6.60. The summed E-state index contributed by atoms with van der Waals surface area (Å²) in [6.45, 7) is 8.00. The summed E-state index contributed by atoms with van der Waals surface area (Å²) in [5.74, 6) is 0.274. The van der Waals surface area contributed by atoms with Crippen LogP contribution >= 0.6 is 0 Å². The van der Waals surface area contributed by atoms with Crippen LogP contribution in [-0.4, -0.2) is 65.3 Å². The fourth-order valence-corrected chi connectivity index (χ4v) is 5.19. The molecular formula is C24H33N3O2. The zero-order valence-electron chi connectivity index (χ0n) is 17.7. The van der Waals surface area contributed by atoms with Gasteiger partial charge in [0.2, 0.25) is 11.8 Å². The van der Waals surface area contributed by atoms with Gasteiger partial charge in [-0.15, -0.1) is 0 Å². The first-order valence-corrected chi connectivity index (χ1v) is 11.0. The van der Waals surface area contributed by atoms with Gasteiger partial charge in [0.15, 0.2) is 0 Å². The Morgan fingerprint density at radius 1 is 1.10 bits per heavy atom. The van der Waals surface area contributed by atoms with E-state index in [2.05, 4.69) is 37.0 Å². The molecule has 0 aromatic heterocycles. The second-order valence-electron chi connectivity index (χ2n) is 9.01. The minimum Gasteiger partial charge on any atom is -0.342 e. The van der Waals surface area contributed by atoms with Crippen LogP contribution in [-0.2, 0) is 9.59 Å². The standard InChI is InChI=1S/C24H33N3O2/c1-18(2)11-14-25-16-20-15-21(24(29)26-12-7-4-8-13-26)23(27(20)22(28)17-25)19-9-5-3-6-10-19/h3,5-6,9-11,20-21,23H,4,7-8,12-17H2,1-2H3/t20-,21-,23-/m1/s1. The van der Waals surface area contributed by atoms with Crippen LogP contribution in [0.3, 0.4) is 0 Å². The quantitative estimate of drug-likeness (QED) is 0.735. The maximum atomic E-state index is 13.5. The van der Waals surface area contributed by atoms with E-state index in [1.165, 1.54) is 12.0 Å². The predicted octanol–water partition coefficient (Wildman–Crippen LogP) is 3.24. The number of fused-ring (bicyclic) bond motifs is 1. The Hall–Kier alpha value is -2.14. The van der Waals surface area contributed by atoms with Crippen LogP contribution in [0.2, 0.25) is 0 Å². The molecule has 3 aliphatic heterocycles. The Balaban J connectivity index is 1.60. The smallest absolute Gasteiger partial charge is 0.237 e. The number of hydrogen-bond acceptors (Lipinski definition) is 3. The van der Waals surface area contributed by atoms with Crippen LogP contribution in [0.25, 0.3) is 0 Å². The fraction of sp³-hybridized carbons (Fsp3) is 0.583. The summed E-state index contributed by atoms with van der Waals surface area (Å²) >= 11 is 0. The Morgan fingerprint density at radius 3 is 2.52 bits per heavy atom. The zero-order chi connectivity index (χ0) is 20.4. The number of rotatable bonds is 4. The molecule has 4 rings (SSSR count). The van der Waals surface area contributed by atoms with Crippen molar-refractivity contribution >= 4 is 11.8 Å². The number of hydrogen-bond donors (Lipinski definition) is 0. The van der Waals surface area contributed by atoms with Crippen molar-refractivity contribution in [3.05, 3.63) is 47.5 Å². The first-order chi connectivity index (χ1) is 14.0. The number of carbonyl (C=O) groups is 2. The second-order valence-corrected chi connectivity index (χ2v) is 9.01. The van der Waals surface area contributed by atoms with Crippen LogP contribution < -0.4 is 0 Å². The monoisotopic (exact) mass is 395 g/mol. The number of piperidine rings is 1. The minimum atomic E-state index is -0.132. The lowest BCUT2D eigenvalue weighted by molar-refractivity contribution is -0.142. The number of carbonyl (C=O) groups excluding carboxylic acids is 2. The largest absolute Gasteiger partial charge is 0.342 e. The highest BCUT2D eigenvalue weighted by molar-refractivity contribution is 5.85. The van der Waals surface area contributed by atoms with Crippen LogP contribution in [0.1, 0.15) is 51.1 Å². The fourth-order valence-electron chi connectivity index (χ4n) is 5.19. The van der Waals surface area contributed by atoms with Crippen molar-refractivity contribution in [2.24, 2.45) is 5.92 Å². The Labute approximate surface area is 174 Å².